The lowest BCUT2D eigenvalue weighted by atomic mass is 10.2. The highest BCUT2D eigenvalue weighted by atomic mass is 35.5. The smallest absolute Gasteiger partial charge is 0.214 e. The fourth-order valence-electron chi connectivity index (χ4n) is 2.41. The lowest BCUT2D eigenvalue weighted by molar-refractivity contribution is 0.171. The number of benzene rings is 2. The minimum absolute atomic E-state index is 0.511. The number of aromatic nitrogens is 4. The Labute approximate surface area is 158 Å². The van der Waals surface area contributed by atoms with Crippen LogP contribution >= 0.6 is 35.0 Å². The number of thioether (sulfide) groups is 1. The Balaban J connectivity index is 1.54. The maximum Gasteiger partial charge on any atom is 0.214 e. The zero-order valence-corrected chi connectivity index (χ0v) is 15.2. The van der Waals surface area contributed by atoms with Crippen molar-refractivity contribution >= 4 is 35.0 Å². The van der Waals surface area contributed by atoms with Crippen molar-refractivity contribution in [1.29, 1.82) is 0 Å². The summed E-state index contributed by atoms with van der Waals surface area (Å²) in [6.07, 6.45) is 0. The molecular weight excluding hydrogens is 383 g/mol. The third kappa shape index (κ3) is 3.53. The van der Waals surface area contributed by atoms with Crippen LogP contribution in [0.4, 0.5) is 0 Å². The van der Waals surface area contributed by atoms with Crippen molar-refractivity contribution in [3.63, 3.8) is 0 Å². The lowest BCUT2D eigenvalue weighted by Gasteiger charge is -2.20. The second-order valence-corrected chi connectivity index (χ2v) is 7.03. The number of halogens is 2. The second kappa shape index (κ2) is 7.11. The topological polar surface area (TPSA) is 62.1 Å². The highest BCUT2D eigenvalue weighted by molar-refractivity contribution is 7.98. The fourth-order valence-corrected chi connectivity index (χ4v) is 3.64. The molecule has 2 heterocycles. The molecule has 128 valence electrons. The van der Waals surface area contributed by atoms with E-state index in [-0.39, 0.29) is 0 Å². The van der Waals surface area contributed by atoms with E-state index in [2.05, 4.69) is 15.5 Å². The van der Waals surface area contributed by atoms with Crippen LogP contribution in [0.15, 0.2) is 41.6 Å². The standard InChI is InChI=1S/C16H12Cl2N4O2S/c17-11-1-3-12(4-2-11)22-16(19-20-21-22)25-9-10-7-13(18)15-14(8-10)23-5-6-24-15/h1-4,7-8H,5-6,9H2. The van der Waals surface area contributed by atoms with Crippen molar-refractivity contribution in [2.75, 3.05) is 13.2 Å². The van der Waals surface area contributed by atoms with Crippen LogP contribution in [0.3, 0.4) is 0 Å². The Hall–Kier alpha value is -1.96. The van der Waals surface area contributed by atoms with Crippen LogP contribution in [0.5, 0.6) is 11.5 Å². The van der Waals surface area contributed by atoms with Crippen molar-refractivity contribution in [1.82, 2.24) is 20.2 Å². The molecule has 0 atom stereocenters. The summed E-state index contributed by atoms with van der Waals surface area (Å²) in [5.74, 6) is 1.92. The molecule has 0 spiro atoms. The van der Waals surface area contributed by atoms with Gasteiger partial charge in [-0.3, -0.25) is 0 Å². The van der Waals surface area contributed by atoms with Gasteiger partial charge >= 0.3 is 0 Å². The van der Waals surface area contributed by atoms with Gasteiger partial charge in [0.25, 0.3) is 0 Å². The van der Waals surface area contributed by atoms with E-state index in [0.29, 0.717) is 45.7 Å². The van der Waals surface area contributed by atoms with Crippen molar-refractivity contribution in [3.8, 4) is 17.2 Å². The molecule has 0 aliphatic carbocycles. The molecule has 0 unspecified atom stereocenters. The molecule has 25 heavy (non-hydrogen) atoms. The van der Waals surface area contributed by atoms with E-state index in [1.807, 2.05) is 24.3 Å². The molecule has 0 fully saturated rings. The lowest BCUT2D eigenvalue weighted by Crippen LogP contribution is -2.15. The van der Waals surface area contributed by atoms with Crippen LogP contribution in [-0.4, -0.2) is 33.4 Å². The maximum absolute atomic E-state index is 6.28. The minimum atomic E-state index is 0.511. The van der Waals surface area contributed by atoms with Gasteiger partial charge in [-0.05, 0) is 52.4 Å². The van der Waals surface area contributed by atoms with Gasteiger partial charge in [0.15, 0.2) is 11.5 Å². The first kappa shape index (κ1) is 16.5. The summed E-state index contributed by atoms with van der Waals surface area (Å²) in [6.45, 7) is 1.03. The zero-order valence-electron chi connectivity index (χ0n) is 12.9. The van der Waals surface area contributed by atoms with E-state index in [1.54, 1.807) is 16.8 Å². The first-order valence-corrected chi connectivity index (χ1v) is 9.20. The van der Waals surface area contributed by atoms with Gasteiger partial charge in [0.05, 0.1) is 10.7 Å². The van der Waals surface area contributed by atoms with Crippen LogP contribution in [0.25, 0.3) is 5.69 Å². The Bertz CT molecular complexity index is 902. The molecule has 0 radical (unpaired) electrons. The van der Waals surface area contributed by atoms with Gasteiger partial charge < -0.3 is 9.47 Å². The molecule has 0 saturated carbocycles. The highest BCUT2D eigenvalue weighted by Gasteiger charge is 2.17. The number of hydrogen-bond donors (Lipinski definition) is 0. The molecule has 0 amide bonds. The van der Waals surface area contributed by atoms with Crippen LogP contribution in [0, 0.1) is 0 Å². The predicted molar refractivity (Wildman–Crippen MR) is 96.2 cm³/mol. The summed E-state index contributed by atoms with van der Waals surface area (Å²) in [7, 11) is 0. The Morgan fingerprint density at radius 1 is 1.08 bits per heavy atom. The summed E-state index contributed by atoms with van der Waals surface area (Å²) in [5, 5.41) is 13.8. The summed E-state index contributed by atoms with van der Waals surface area (Å²) in [4.78, 5) is 0. The van der Waals surface area contributed by atoms with Crippen LogP contribution in [-0.2, 0) is 5.75 Å². The second-order valence-electron chi connectivity index (χ2n) is 5.24. The Morgan fingerprint density at radius 3 is 2.72 bits per heavy atom. The molecule has 1 aromatic heterocycles. The molecule has 2 aromatic carbocycles. The minimum Gasteiger partial charge on any atom is -0.486 e. The van der Waals surface area contributed by atoms with E-state index in [0.717, 1.165) is 11.3 Å². The van der Waals surface area contributed by atoms with E-state index >= 15 is 0 Å². The molecule has 0 N–H and O–H groups in total. The molecule has 6 nitrogen and oxygen atoms in total. The largest absolute Gasteiger partial charge is 0.486 e. The van der Waals surface area contributed by atoms with Crippen molar-refractivity contribution < 1.29 is 9.47 Å². The van der Waals surface area contributed by atoms with Gasteiger partial charge in [0.2, 0.25) is 5.16 Å². The molecule has 4 rings (SSSR count). The van der Waals surface area contributed by atoms with Gasteiger partial charge in [0, 0.05) is 10.8 Å². The van der Waals surface area contributed by atoms with Gasteiger partial charge in [0.1, 0.15) is 13.2 Å². The monoisotopic (exact) mass is 394 g/mol. The van der Waals surface area contributed by atoms with E-state index in [9.17, 15) is 0 Å². The number of tetrazole rings is 1. The Kier molecular flexibility index (Phi) is 4.70. The highest BCUT2D eigenvalue weighted by Crippen LogP contribution is 2.39. The first-order chi connectivity index (χ1) is 12.2. The fraction of sp³-hybridized carbons (Fsp3) is 0.188. The van der Waals surface area contributed by atoms with Crippen molar-refractivity contribution in [3.05, 3.63) is 52.0 Å². The quantitative estimate of drug-likeness (QED) is 0.622. The molecule has 0 bridgehead atoms. The molecule has 9 heteroatoms. The summed E-state index contributed by atoms with van der Waals surface area (Å²) in [5.41, 5.74) is 1.85. The number of hydrogen-bond acceptors (Lipinski definition) is 6. The van der Waals surface area contributed by atoms with E-state index in [4.69, 9.17) is 32.7 Å². The normalized spacial score (nSPS) is 13.0. The summed E-state index contributed by atoms with van der Waals surface area (Å²) < 4.78 is 12.8. The van der Waals surface area contributed by atoms with Gasteiger partial charge in [-0.2, -0.15) is 4.68 Å². The maximum atomic E-state index is 6.28. The Morgan fingerprint density at radius 2 is 1.88 bits per heavy atom. The van der Waals surface area contributed by atoms with E-state index in [1.165, 1.54) is 11.8 Å². The number of fused-ring (bicyclic) bond motifs is 1. The predicted octanol–water partition coefficient (Wildman–Crippen LogP) is 4.03. The molecule has 3 aromatic rings. The molecular formula is C16H12Cl2N4O2S. The van der Waals surface area contributed by atoms with Gasteiger partial charge in [-0.1, -0.05) is 35.0 Å². The van der Waals surface area contributed by atoms with Gasteiger partial charge in [-0.15, -0.1) is 5.10 Å². The number of ether oxygens (including phenoxy) is 2. The third-order valence-electron chi connectivity index (χ3n) is 3.54. The number of rotatable bonds is 4. The number of nitrogens with zero attached hydrogens (tertiary/aromatic N) is 4. The van der Waals surface area contributed by atoms with Gasteiger partial charge in [-0.25, -0.2) is 0 Å². The SMILES string of the molecule is Clc1ccc(-n2nnnc2SCc2cc(Cl)c3c(c2)OCCO3)cc1. The average Bonchev–Trinajstić information content (AvgIpc) is 3.09. The van der Waals surface area contributed by atoms with Crippen LogP contribution < -0.4 is 9.47 Å². The van der Waals surface area contributed by atoms with E-state index < -0.39 is 0 Å². The third-order valence-corrected chi connectivity index (χ3v) is 5.06. The summed E-state index contributed by atoms with van der Waals surface area (Å²) in [6, 6.07) is 11.1. The van der Waals surface area contributed by atoms with Crippen molar-refractivity contribution in [2.45, 2.75) is 10.9 Å². The molecule has 1 aliphatic heterocycles. The average molecular weight is 395 g/mol. The molecule has 0 saturated heterocycles. The van der Waals surface area contributed by atoms with Crippen LogP contribution in [0.1, 0.15) is 5.56 Å². The van der Waals surface area contributed by atoms with Crippen LogP contribution in [0.2, 0.25) is 10.0 Å². The zero-order chi connectivity index (χ0) is 17.2. The first-order valence-electron chi connectivity index (χ1n) is 7.46. The summed E-state index contributed by atoms with van der Waals surface area (Å²) >= 11 is 13.7. The molecule has 1 aliphatic rings. The van der Waals surface area contributed by atoms with Crippen molar-refractivity contribution in [2.24, 2.45) is 0 Å².